The Hall–Kier alpha value is -1.10. The molecule has 0 fully saturated rings. The Morgan fingerprint density at radius 1 is 1.50 bits per heavy atom. The van der Waals surface area contributed by atoms with Crippen LogP contribution in [0.15, 0.2) is 24.3 Å². The fourth-order valence-electron chi connectivity index (χ4n) is 1.14. The lowest BCUT2D eigenvalue weighted by molar-refractivity contribution is -0.140. The zero-order chi connectivity index (χ0) is 11.3. The third-order valence-corrected chi connectivity index (χ3v) is 2.13. The number of halogens is 1. The highest BCUT2D eigenvalue weighted by molar-refractivity contribution is 5.85. The van der Waals surface area contributed by atoms with E-state index >= 15 is 0 Å². The average Bonchev–Trinajstić information content (AvgIpc) is 2.20. The first-order valence-electron chi connectivity index (χ1n) is 4.72. The molecule has 90 valence electrons. The summed E-state index contributed by atoms with van der Waals surface area (Å²) in [4.78, 5) is 10.4. The van der Waals surface area contributed by atoms with E-state index in [-0.39, 0.29) is 19.0 Å². The predicted octanol–water partition coefficient (Wildman–Crippen LogP) is 1.35. The molecule has 1 rings (SSSR count). The van der Waals surface area contributed by atoms with Crippen LogP contribution in [0.2, 0.25) is 0 Å². The minimum absolute atomic E-state index is 0. The Morgan fingerprint density at radius 2 is 2.12 bits per heavy atom. The molecule has 0 aliphatic rings. The minimum Gasteiger partial charge on any atom is -0.480 e. The van der Waals surface area contributed by atoms with Crippen molar-refractivity contribution in [2.45, 2.75) is 19.6 Å². The summed E-state index contributed by atoms with van der Waals surface area (Å²) in [5.74, 6) is -1.04. The maximum absolute atomic E-state index is 10.4. The van der Waals surface area contributed by atoms with Crippen LogP contribution in [0.4, 0.5) is 0 Å². The summed E-state index contributed by atoms with van der Waals surface area (Å²) in [6.07, 6.45) is 0. The summed E-state index contributed by atoms with van der Waals surface area (Å²) < 4.78 is 5.22. The Balaban J connectivity index is 0.00000225. The van der Waals surface area contributed by atoms with Crippen molar-refractivity contribution >= 4 is 18.4 Å². The molecule has 0 saturated carbocycles. The monoisotopic (exact) mass is 245 g/mol. The van der Waals surface area contributed by atoms with Gasteiger partial charge in [0, 0.05) is 0 Å². The highest BCUT2D eigenvalue weighted by Gasteiger charge is 2.11. The maximum Gasteiger partial charge on any atom is 0.322 e. The molecule has 0 aliphatic heterocycles. The van der Waals surface area contributed by atoms with Crippen molar-refractivity contribution in [2.24, 2.45) is 5.73 Å². The van der Waals surface area contributed by atoms with Gasteiger partial charge in [-0.05, 0) is 18.1 Å². The molecule has 4 nitrogen and oxygen atoms in total. The van der Waals surface area contributed by atoms with E-state index in [4.69, 9.17) is 15.6 Å². The van der Waals surface area contributed by atoms with Gasteiger partial charge in [-0.15, -0.1) is 12.4 Å². The number of rotatable bonds is 5. The molecule has 1 atom stereocenters. The van der Waals surface area contributed by atoms with E-state index in [0.717, 1.165) is 11.1 Å². The predicted molar refractivity (Wildman–Crippen MR) is 63.7 cm³/mol. The summed E-state index contributed by atoms with van der Waals surface area (Å²) in [6, 6.07) is 6.84. The van der Waals surface area contributed by atoms with Crippen LogP contribution in [0.1, 0.15) is 11.1 Å². The molecular formula is C11H16ClNO3. The molecule has 0 amide bonds. The summed E-state index contributed by atoms with van der Waals surface area (Å²) in [7, 11) is 0. The molecule has 0 saturated heterocycles. The van der Waals surface area contributed by atoms with Crippen LogP contribution in [-0.4, -0.2) is 23.7 Å². The normalized spacial score (nSPS) is 11.6. The van der Waals surface area contributed by atoms with Gasteiger partial charge in [-0.2, -0.15) is 0 Å². The van der Waals surface area contributed by atoms with E-state index in [1.54, 1.807) is 0 Å². The lowest BCUT2D eigenvalue weighted by atomic mass is 10.1. The van der Waals surface area contributed by atoms with Crippen LogP contribution in [0, 0.1) is 6.92 Å². The molecule has 0 radical (unpaired) electrons. The number of ether oxygens (including phenoxy) is 1. The summed E-state index contributed by atoms with van der Waals surface area (Å²) in [6.45, 7) is 2.41. The van der Waals surface area contributed by atoms with E-state index in [1.807, 2.05) is 31.2 Å². The van der Waals surface area contributed by atoms with Crippen molar-refractivity contribution in [1.29, 1.82) is 0 Å². The van der Waals surface area contributed by atoms with Crippen molar-refractivity contribution in [2.75, 3.05) is 6.61 Å². The number of carboxylic acid groups (broad SMARTS) is 1. The van der Waals surface area contributed by atoms with Gasteiger partial charge in [0.15, 0.2) is 0 Å². The number of hydrogen-bond donors (Lipinski definition) is 2. The molecule has 0 aliphatic carbocycles. The minimum atomic E-state index is -1.04. The van der Waals surface area contributed by atoms with Crippen molar-refractivity contribution in [3.05, 3.63) is 35.4 Å². The second kappa shape index (κ2) is 7.22. The van der Waals surface area contributed by atoms with Gasteiger partial charge in [0.05, 0.1) is 13.2 Å². The quantitative estimate of drug-likeness (QED) is 0.821. The molecule has 0 heterocycles. The Labute approximate surface area is 101 Å². The zero-order valence-electron chi connectivity index (χ0n) is 9.05. The van der Waals surface area contributed by atoms with Crippen molar-refractivity contribution in [3.63, 3.8) is 0 Å². The average molecular weight is 246 g/mol. The molecule has 3 N–H and O–H groups in total. The molecule has 1 aromatic rings. The number of carbonyl (C=O) groups is 1. The first kappa shape index (κ1) is 14.9. The van der Waals surface area contributed by atoms with Crippen LogP contribution in [0.25, 0.3) is 0 Å². The first-order valence-corrected chi connectivity index (χ1v) is 4.72. The Morgan fingerprint density at radius 3 is 2.69 bits per heavy atom. The number of carboxylic acids is 1. The van der Waals surface area contributed by atoms with Crippen molar-refractivity contribution < 1.29 is 14.6 Å². The fourth-order valence-corrected chi connectivity index (χ4v) is 1.14. The lowest BCUT2D eigenvalue weighted by Gasteiger charge is -2.09. The number of aryl methyl sites for hydroxylation is 1. The summed E-state index contributed by atoms with van der Waals surface area (Å²) in [5.41, 5.74) is 7.47. The van der Waals surface area contributed by atoms with Crippen LogP contribution < -0.4 is 5.73 Å². The molecule has 0 aromatic heterocycles. The SMILES string of the molecule is Cc1ccccc1COCC(N)C(=O)O.Cl. The molecule has 1 unspecified atom stereocenters. The van der Waals surface area contributed by atoms with E-state index in [0.29, 0.717) is 6.61 Å². The van der Waals surface area contributed by atoms with Gasteiger partial charge in [-0.3, -0.25) is 4.79 Å². The Kier molecular flexibility index (Phi) is 6.72. The van der Waals surface area contributed by atoms with Crippen molar-refractivity contribution in [1.82, 2.24) is 0 Å². The van der Waals surface area contributed by atoms with Gasteiger partial charge in [0.2, 0.25) is 0 Å². The van der Waals surface area contributed by atoms with E-state index in [9.17, 15) is 4.79 Å². The second-order valence-corrected chi connectivity index (χ2v) is 3.39. The van der Waals surface area contributed by atoms with Crippen molar-refractivity contribution in [3.8, 4) is 0 Å². The molecular weight excluding hydrogens is 230 g/mol. The van der Waals surface area contributed by atoms with Gasteiger partial charge in [0.1, 0.15) is 6.04 Å². The lowest BCUT2D eigenvalue weighted by Crippen LogP contribution is -2.34. The largest absolute Gasteiger partial charge is 0.480 e. The third-order valence-electron chi connectivity index (χ3n) is 2.13. The van der Waals surface area contributed by atoms with Crippen LogP contribution in [0.3, 0.4) is 0 Å². The Bertz CT molecular complexity index is 344. The van der Waals surface area contributed by atoms with Crippen LogP contribution in [0.5, 0.6) is 0 Å². The van der Waals surface area contributed by atoms with Gasteiger partial charge in [0.25, 0.3) is 0 Å². The summed E-state index contributed by atoms with van der Waals surface area (Å²) in [5, 5.41) is 8.53. The smallest absolute Gasteiger partial charge is 0.322 e. The van der Waals surface area contributed by atoms with Crippen LogP contribution in [-0.2, 0) is 16.1 Å². The zero-order valence-corrected chi connectivity index (χ0v) is 9.87. The third kappa shape index (κ3) is 4.61. The highest BCUT2D eigenvalue weighted by Crippen LogP contribution is 2.08. The first-order chi connectivity index (χ1) is 7.11. The topological polar surface area (TPSA) is 72.5 Å². The number of benzene rings is 1. The number of aliphatic carboxylic acids is 1. The molecule has 5 heteroatoms. The maximum atomic E-state index is 10.4. The van der Waals surface area contributed by atoms with Gasteiger partial charge in [-0.25, -0.2) is 0 Å². The van der Waals surface area contributed by atoms with Gasteiger partial charge in [-0.1, -0.05) is 24.3 Å². The number of hydrogen-bond acceptors (Lipinski definition) is 3. The standard InChI is InChI=1S/C11H15NO3.ClH/c1-8-4-2-3-5-9(8)6-15-7-10(12)11(13)14;/h2-5,10H,6-7,12H2,1H3,(H,13,14);1H. The summed E-state index contributed by atoms with van der Waals surface area (Å²) >= 11 is 0. The van der Waals surface area contributed by atoms with Gasteiger partial charge >= 0.3 is 5.97 Å². The van der Waals surface area contributed by atoms with E-state index < -0.39 is 12.0 Å². The van der Waals surface area contributed by atoms with E-state index in [2.05, 4.69) is 0 Å². The number of nitrogens with two attached hydrogens (primary N) is 1. The highest BCUT2D eigenvalue weighted by atomic mass is 35.5. The van der Waals surface area contributed by atoms with E-state index in [1.165, 1.54) is 0 Å². The molecule has 1 aromatic carbocycles. The molecule has 16 heavy (non-hydrogen) atoms. The molecule has 0 bridgehead atoms. The van der Waals surface area contributed by atoms with Gasteiger partial charge < -0.3 is 15.6 Å². The van der Waals surface area contributed by atoms with Crippen LogP contribution >= 0.6 is 12.4 Å². The molecule has 0 spiro atoms. The second-order valence-electron chi connectivity index (χ2n) is 3.39. The fraction of sp³-hybridized carbons (Fsp3) is 0.364.